The first-order valence-corrected chi connectivity index (χ1v) is 13.8. The van der Waals surface area contributed by atoms with E-state index in [0.29, 0.717) is 18.2 Å². The van der Waals surface area contributed by atoms with Crippen LogP contribution in [0.3, 0.4) is 0 Å². The van der Waals surface area contributed by atoms with Gasteiger partial charge in [0.1, 0.15) is 5.69 Å². The molecule has 10 nitrogen and oxygen atoms in total. The molecule has 0 radical (unpaired) electrons. The van der Waals surface area contributed by atoms with Crippen LogP contribution in [-0.4, -0.2) is 58.9 Å². The topological polar surface area (TPSA) is 122 Å². The lowest BCUT2D eigenvalue weighted by Gasteiger charge is -2.26. The quantitative estimate of drug-likeness (QED) is 0.275. The van der Waals surface area contributed by atoms with Gasteiger partial charge in [0.05, 0.1) is 47.1 Å². The Hall–Kier alpha value is -4.10. The molecule has 2 fully saturated rings. The highest BCUT2D eigenvalue weighted by atomic mass is 35.5. The Morgan fingerprint density at radius 1 is 1.17 bits per heavy atom. The van der Waals surface area contributed by atoms with Crippen LogP contribution in [0.2, 0.25) is 5.02 Å². The Balaban J connectivity index is 1.11. The van der Waals surface area contributed by atoms with Crippen LogP contribution >= 0.6 is 11.6 Å². The molecular weight excluding hydrogens is 573 g/mol. The van der Waals surface area contributed by atoms with Crippen LogP contribution in [0.5, 0.6) is 0 Å². The van der Waals surface area contributed by atoms with E-state index < -0.39 is 34.9 Å². The number of benzene rings is 1. The van der Waals surface area contributed by atoms with Crippen molar-refractivity contribution in [2.75, 3.05) is 16.8 Å². The number of aliphatic hydroxyl groups is 1. The third-order valence-corrected chi connectivity index (χ3v) is 7.78. The molecule has 6 rings (SSSR count). The summed E-state index contributed by atoms with van der Waals surface area (Å²) >= 11 is 5.80. The van der Waals surface area contributed by atoms with Crippen LogP contribution in [0.1, 0.15) is 60.1 Å². The Bertz CT molecular complexity index is 1610. The number of hydrogen-bond donors (Lipinski definition) is 2. The molecule has 1 aliphatic heterocycles. The molecule has 218 valence electrons. The molecule has 3 aromatic heterocycles. The van der Waals surface area contributed by atoms with E-state index in [2.05, 4.69) is 35.3 Å². The smallest absolute Gasteiger partial charge is 0.275 e. The standard InChI is InChI=1S/C28H26ClF3N8O2/c29-20-4-3-19(25(31)32)23(24(20)30)21-12-33-13-22(38-21)26(41)37-17-11-36-39(15-17)14-16-9-34-27(35-10-16)40-7-1-2-18(40)8-28(42)5-6-28/h3-4,9-13,15,18,25,42H,1-2,5-8,14H2,(H,37,41). The van der Waals surface area contributed by atoms with Crippen molar-refractivity contribution in [3.8, 4) is 11.3 Å². The van der Waals surface area contributed by atoms with Crippen molar-refractivity contribution in [2.45, 2.75) is 56.7 Å². The fraction of sp³-hybridized carbons (Fsp3) is 0.357. The maximum absolute atomic E-state index is 14.7. The van der Waals surface area contributed by atoms with Crippen molar-refractivity contribution in [2.24, 2.45) is 0 Å². The molecule has 1 aliphatic carbocycles. The number of carbonyl (C=O) groups excluding carboxylic acids is 1. The number of rotatable bonds is 9. The van der Waals surface area contributed by atoms with E-state index in [0.717, 1.165) is 68.7 Å². The Morgan fingerprint density at radius 3 is 2.69 bits per heavy atom. The number of alkyl halides is 2. The zero-order valence-electron chi connectivity index (χ0n) is 22.2. The normalized spacial score (nSPS) is 17.6. The van der Waals surface area contributed by atoms with Gasteiger partial charge in [-0.2, -0.15) is 5.10 Å². The zero-order valence-corrected chi connectivity index (χ0v) is 23.0. The van der Waals surface area contributed by atoms with E-state index in [1.807, 2.05) is 0 Å². The molecule has 4 aromatic rings. The van der Waals surface area contributed by atoms with Gasteiger partial charge in [-0.1, -0.05) is 17.7 Å². The van der Waals surface area contributed by atoms with Gasteiger partial charge in [0.25, 0.3) is 12.3 Å². The van der Waals surface area contributed by atoms with Crippen LogP contribution in [0.4, 0.5) is 24.8 Å². The van der Waals surface area contributed by atoms with Gasteiger partial charge in [-0.25, -0.2) is 28.1 Å². The summed E-state index contributed by atoms with van der Waals surface area (Å²) in [6, 6.07) is 2.28. The Morgan fingerprint density at radius 2 is 1.95 bits per heavy atom. The maximum atomic E-state index is 14.7. The number of hydrogen-bond acceptors (Lipinski definition) is 8. The summed E-state index contributed by atoms with van der Waals surface area (Å²) in [6.45, 7) is 1.20. The summed E-state index contributed by atoms with van der Waals surface area (Å²) in [5.41, 5.74) is -0.959. The SMILES string of the molecule is O=C(Nc1cnn(Cc2cnc(N3CCCC3CC3(O)CC3)nc2)c1)c1cncc(-c2c(C(F)F)ccc(Cl)c2F)n1. The van der Waals surface area contributed by atoms with Crippen molar-refractivity contribution in [1.82, 2.24) is 29.7 Å². The van der Waals surface area contributed by atoms with Gasteiger partial charge >= 0.3 is 0 Å². The predicted molar refractivity (Wildman–Crippen MR) is 148 cm³/mol. The average molecular weight is 599 g/mol. The van der Waals surface area contributed by atoms with Gasteiger partial charge in [-0.3, -0.25) is 14.5 Å². The van der Waals surface area contributed by atoms with Gasteiger partial charge in [0.15, 0.2) is 5.82 Å². The van der Waals surface area contributed by atoms with Crippen molar-refractivity contribution < 1.29 is 23.1 Å². The summed E-state index contributed by atoms with van der Waals surface area (Å²) in [7, 11) is 0. The first kappa shape index (κ1) is 28.0. The second-order valence-corrected chi connectivity index (χ2v) is 11.0. The predicted octanol–water partition coefficient (Wildman–Crippen LogP) is 5.04. The zero-order chi connectivity index (χ0) is 29.4. The van der Waals surface area contributed by atoms with Crippen molar-refractivity contribution in [3.63, 3.8) is 0 Å². The highest BCUT2D eigenvalue weighted by Gasteiger charge is 2.44. The third kappa shape index (κ3) is 5.93. The number of halogens is 4. The Labute approximate surface area is 243 Å². The first-order valence-electron chi connectivity index (χ1n) is 13.4. The van der Waals surface area contributed by atoms with E-state index in [-0.39, 0.29) is 22.5 Å². The molecule has 1 saturated carbocycles. The van der Waals surface area contributed by atoms with Gasteiger partial charge in [-0.15, -0.1) is 0 Å². The fourth-order valence-electron chi connectivity index (χ4n) is 5.18. The minimum absolute atomic E-state index is 0.210. The fourth-order valence-corrected chi connectivity index (χ4v) is 5.33. The number of nitrogens with one attached hydrogen (secondary N) is 1. The van der Waals surface area contributed by atoms with E-state index in [1.165, 1.54) is 6.20 Å². The van der Waals surface area contributed by atoms with E-state index in [9.17, 15) is 23.1 Å². The summed E-state index contributed by atoms with van der Waals surface area (Å²) in [5, 5.41) is 16.9. The number of amides is 1. The van der Waals surface area contributed by atoms with Gasteiger partial charge < -0.3 is 15.3 Å². The maximum Gasteiger partial charge on any atom is 0.275 e. The molecule has 1 aromatic carbocycles. The van der Waals surface area contributed by atoms with Crippen LogP contribution in [0.15, 0.2) is 49.3 Å². The largest absolute Gasteiger partial charge is 0.390 e. The molecule has 1 saturated heterocycles. The second kappa shape index (κ2) is 11.3. The van der Waals surface area contributed by atoms with Gasteiger partial charge in [0, 0.05) is 47.9 Å². The van der Waals surface area contributed by atoms with E-state index in [4.69, 9.17) is 11.6 Å². The lowest BCUT2D eigenvalue weighted by Crippen LogP contribution is -2.34. The monoisotopic (exact) mass is 598 g/mol. The van der Waals surface area contributed by atoms with Crippen LogP contribution in [0, 0.1) is 5.82 Å². The molecule has 0 spiro atoms. The van der Waals surface area contributed by atoms with Crippen molar-refractivity contribution >= 4 is 29.1 Å². The molecule has 4 heterocycles. The molecule has 2 aliphatic rings. The average Bonchev–Trinajstić information content (AvgIpc) is 3.30. The minimum Gasteiger partial charge on any atom is -0.390 e. The summed E-state index contributed by atoms with van der Waals surface area (Å²) in [5.74, 6) is -1.12. The number of aromatic nitrogens is 6. The minimum atomic E-state index is -2.99. The molecule has 1 atom stereocenters. The molecule has 1 unspecified atom stereocenters. The summed E-state index contributed by atoms with van der Waals surface area (Å²) in [6.07, 6.45) is 10.2. The van der Waals surface area contributed by atoms with E-state index >= 15 is 0 Å². The molecule has 42 heavy (non-hydrogen) atoms. The lowest BCUT2D eigenvalue weighted by molar-refractivity contribution is 0.102. The second-order valence-electron chi connectivity index (χ2n) is 10.6. The highest BCUT2D eigenvalue weighted by molar-refractivity contribution is 6.31. The number of carbonyl (C=O) groups is 1. The van der Waals surface area contributed by atoms with Crippen LogP contribution in [-0.2, 0) is 6.54 Å². The van der Waals surface area contributed by atoms with Crippen LogP contribution in [0.25, 0.3) is 11.3 Å². The van der Waals surface area contributed by atoms with Gasteiger partial charge in [-0.05, 0) is 38.2 Å². The van der Waals surface area contributed by atoms with Crippen LogP contribution < -0.4 is 10.2 Å². The molecule has 14 heteroatoms. The van der Waals surface area contributed by atoms with Crippen molar-refractivity contribution in [1.29, 1.82) is 0 Å². The van der Waals surface area contributed by atoms with Crippen molar-refractivity contribution in [3.05, 3.63) is 77.0 Å². The third-order valence-electron chi connectivity index (χ3n) is 7.49. The summed E-state index contributed by atoms with van der Waals surface area (Å²) < 4.78 is 43.3. The van der Waals surface area contributed by atoms with E-state index in [1.54, 1.807) is 23.3 Å². The van der Waals surface area contributed by atoms with Gasteiger partial charge in [0.2, 0.25) is 5.95 Å². The molecule has 0 bridgehead atoms. The number of nitrogens with zero attached hydrogens (tertiary/aromatic N) is 7. The molecule has 2 N–H and O–H groups in total. The Kier molecular flexibility index (Phi) is 7.54. The number of anilines is 2. The summed E-state index contributed by atoms with van der Waals surface area (Å²) in [4.78, 5) is 32.0. The molecule has 1 amide bonds. The molecular formula is C28H26ClF3N8O2. The highest BCUT2D eigenvalue weighted by Crippen LogP contribution is 2.42. The first-order chi connectivity index (χ1) is 20.2. The lowest BCUT2D eigenvalue weighted by atomic mass is 10.0.